The van der Waals surface area contributed by atoms with Crippen LogP contribution in [-0.4, -0.2) is 27.7 Å². The van der Waals surface area contributed by atoms with E-state index in [0.717, 1.165) is 5.56 Å². The highest BCUT2D eigenvalue weighted by atomic mass is 16.2. The molecule has 28 heavy (non-hydrogen) atoms. The van der Waals surface area contributed by atoms with Crippen molar-refractivity contribution in [2.45, 2.75) is 13.8 Å². The normalized spacial score (nSPS) is 10.5. The first-order valence-electron chi connectivity index (χ1n) is 8.87. The van der Waals surface area contributed by atoms with E-state index in [1.54, 1.807) is 36.9 Å². The smallest absolute Gasteiger partial charge is 0.295 e. The molecule has 0 saturated heterocycles. The maximum Gasteiger partial charge on any atom is 0.295 e. The Balaban J connectivity index is 1.73. The number of anilines is 1. The van der Waals surface area contributed by atoms with Crippen molar-refractivity contribution in [1.29, 1.82) is 0 Å². The molecule has 0 unspecified atom stereocenters. The molecule has 0 atom stereocenters. The maximum absolute atomic E-state index is 12.8. The summed E-state index contributed by atoms with van der Waals surface area (Å²) in [6, 6.07) is 16.3. The Kier molecular flexibility index (Phi) is 5.44. The van der Waals surface area contributed by atoms with Gasteiger partial charge >= 0.3 is 0 Å². The van der Waals surface area contributed by atoms with E-state index in [4.69, 9.17) is 0 Å². The zero-order valence-corrected chi connectivity index (χ0v) is 16.0. The first kappa shape index (κ1) is 19.2. The van der Waals surface area contributed by atoms with E-state index >= 15 is 0 Å². The number of hydrogen-bond acceptors (Lipinski definition) is 3. The fourth-order valence-electron chi connectivity index (χ4n) is 2.94. The van der Waals surface area contributed by atoms with Crippen LogP contribution < -0.4 is 16.2 Å². The van der Waals surface area contributed by atoms with Gasteiger partial charge in [-0.1, -0.05) is 35.9 Å². The molecular formula is C21H22N4O3. The molecule has 0 aliphatic carbocycles. The Morgan fingerprint density at radius 2 is 1.71 bits per heavy atom. The van der Waals surface area contributed by atoms with Crippen molar-refractivity contribution in [3.05, 3.63) is 81.8 Å². The summed E-state index contributed by atoms with van der Waals surface area (Å²) in [7, 11) is 1.75. The summed E-state index contributed by atoms with van der Waals surface area (Å²) < 4.78 is 3.16. The standard InChI is InChI=1S/C21H22N4O3/c1-14-8-7-9-16(12-14)20(27)22-13-18(26)23-19-15(2)24(3)25(21(19)28)17-10-5-4-6-11-17/h4-12H,13H2,1-3H3,(H,22,27)(H,23,26). The van der Waals surface area contributed by atoms with Gasteiger partial charge in [0.25, 0.3) is 11.5 Å². The van der Waals surface area contributed by atoms with Crippen molar-refractivity contribution >= 4 is 17.5 Å². The Labute approximate surface area is 162 Å². The van der Waals surface area contributed by atoms with Crippen molar-refractivity contribution in [3.63, 3.8) is 0 Å². The summed E-state index contributed by atoms with van der Waals surface area (Å²) >= 11 is 0. The van der Waals surface area contributed by atoms with Crippen LogP contribution >= 0.6 is 0 Å². The van der Waals surface area contributed by atoms with Gasteiger partial charge in [0, 0.05) is 12.6 Å². The molecule has 1 heterocycles. The molecule has 3 rings (SSSR count). The molecular weight excluding hydrogens is 356 g/mol. The quantitative estimate of drug-likeness (QED) is 0.713. The van der Waals surface area contributed by atoms with Crippen LogP contribution in [0.2, 0.25) is 0 Å². The highest BCUT2D eigenvalue weighted by Gasteiger charge is 2.18. The van der Waals surface area contributed by atoms with E-state index in [1.807, 2.05) is 43.3 Å². The molecule has 144 valence electrons. The lowest BCUT2D eigenvalue weighted by Gasteiger charge is -2.07. The average molecular weight is 378 g/mol. The summed E-state index contributed by atoms with van der Waals surface area (Å²) in [5, 5.41) is 5.19. The zero-order chi connectivity index (χ0) is 20.3. The molecule has 0 aliphatic heterocycles. The predicted molar refractivity (Wildman–Crippen MR) is 108 cm³/mol. The van der Waals surface area contributed by atoms with Crippen molar-refractivity contribution in [3.8, 4) is 5.69 Å². The largest absolute Gasteiger partial charge is 0.343 e. The lowest BCUT2D eigenvalue weighted by Crippen LogP contribution is -2.34. The topological polar surface area (TPSA) is 85.1 Å². The zero-order valence-electron chi connectivity index (χ0n) is 16.0. The highest BCUT2D eigenvalue weighted by molar-refractivity contribution is 5.99. The van der Waals surface area contributed by atoms with Crippen molar-refractivity contribution in [1.82, 2.24) is 14.7 Å². The molecule has 0 bridgehead atoms. The summed E-state index contributed by atoms with van der Waals surface area (Å²) in [5.41, 5.74) is 2.62. The van der Waals surface area contributed by atoms with E-state index in [0.29, 0.717) is 16.9 Å². The number of carbonyl (C=O) groups is 2. The molecule has 7 nitrogen and oxygen atoms in total. The summed E-state index contributed by atoms with van der Waals surface area (Å²) in [6.45, 7) is 3.41. The number of aromatic nitrogens is 2. The molecule has 0 aliphatic rings. The third-order valence-corrected chi connectivity index (χ3v) is 4.51. The van der Waals surface area contributed by atoms with E-state index in [9.17, 15) is 14.4 Å². The van der Waals surface area contributed by atoms with Crippen LogP contribution in [0.5, 0.6) is 0 Å². The molecule has 0 fully saturated rings. The van der Waals surface area contributed by atoms with Crippen molar-refractivity contribution < 1.29 is 9.59 Å². The van der Waals surface area contributed by atoms with Crippen LogP contribution in [0.15, 0.2) is 59.4 Å². The molecule has 3 aromatic rings. The number of nitrogens with one attached hydrogen (secondary N) is 2. The monoisotopic (exact) mass is 378 g/mol. The molecule has 0 spiro atoms. The summed E-state index contributed by atoms with van der Waals surface area (Å²) in [4.78, 5) is 37.2. The van der Waals surface area contributed by atoms with Gasteiger partial charge in [0.2, 0.25) is 5.91 Å². The minimum Gasteiger partial charge on any atom is -0.343 e. The van der Waals surface area contributed by atoms with Crippen LogP contribution in [0.1, 0.15) is 21.6 Å². The third-order valence-electron chi connectivity index (χ3n) is 4.51. The fourth-order valence-corrected chi connectivity index (χ4v) is 2.94. The lowest BCUT2D eigenvalue weighted by atomic mass is 10.1. The van der Waals surface area contributed by atoms with Crippen LogP contribution in [0.25, 0.3) is 5.69 Å². The highest BCUT2D eigenvalue weighted by Crippen LogP contribution is 2.13. The number of carbonyl (C=O) groups excluding carboxylic acids is 2. The SMILES string of the molecule is Cc1cccc(C(=O)NCC(=O)Nc2c(C)n(C)n(-c3ccccc3)c2=O)c1. The third kappa shape index (κ3) is 3.88. The molecule has 7 heteroatoms. The van der Waals surface area contributed by atoms with Crippen LogP contribution in [0.4, 0.5) is 5.69 Å². The van der Waals surface area contributed by atoms with Gasteiger partial charge in [-0.15, -0.1) is 0 Å². The van der Waals surface area contributed by atoms with Crippen LogP contribution in [0, 0.1) is 13.8 Å². The molecule has 1 aromatic heterocycles. The maximum atomic E-state index is 12.8. The minimum atomic E-state index is -0.466. The second-order valence-electron chi connectivity index (χ2n) is 6.54. The minimum absolute atomic E-state index is 0.196. The predicted octanol–water partition coefficient (Wildman–Crippen LogP) is 2.16. The first-order valence-corrected chi connectivity index (χ1v) is 8.87. The van der Waals surface area contributed by atoms with Gasteiger partial charge in [0.15, 0.2) is 0 Å². The number of amides is 2. The van der Waals surface area contributed by atoms with E-state index < -0.39 is 5.91 Å². The number of benzene rings is 2. The van der Waals surface area contributed by atoms with E-state index in [-0.39, 0.29) is 23.7 Å². The molecule has 0 saturated carbocycles. The lowest BCUT2D eigenvalue weighted by molar-refractivity contribution is -0.115. The van der Waals surface area contributed by atoms with Crippen LogP contribution in [0.3, 0.4) is 0 Å². The Morgan fingerprint density at radius 1 is 1.00 bits per heavy atom. The average Bonchev–Trinajstić information content (AvgIpc) is 2.90. The number of nitrogens with zero attached hydrogens (tertiary/aromatic N) is 2. The van der Waals surface area contributed by atoms with Gasteiger partial charge in [-0.2, -0.15) is 0 Å². The van der Waals surface area contributed by atoms with Gasteiger partial charge in [0.1, 0.15) is 5.69 Å². The first-order chi connectivity index (χ1) is 13.4. The van der Waals surface area contributed by atoms with Crippen molar-refractivity contribution in [2.75, 3.05) is 11.9 Å². The molecule has 0 radical (unpaired) electrons. The molecule has 2 aromatic carbocycles. The summed E-state index contributed by atoms with van der Waals surface area (Å²) in [5.74, 6) is -0.808. The number of hydrogen-bond donors (Lipinski definition) is 2. The van der Waals surface area contributed by atoms with Gasteiger partial charge in [0.05, 0.1) is 17.9 Å². The van der Waals surface area contributed by atoms with E-state index in [1.165, 1.54) is 4.68 Å². The molecule has 2 N–H and O–H groups in total. The second kappa shape index (κ2) is 7.96. The second-order valence-corrected chi connectivity index (χ2v) is 6.54. The Morgan fingerprint density at radius 3 is 2.39 bits per heavy atom. The molecule has 2 amide bonds. The van der Waals surface area contributed by atoms with Crippen molar-refractivity contribution in [2.24, 2.45) is 7.05 Å². The number of para-hydroxylation sites is 1. The fraction of sp³-hybridized carbons (Fsp3) is 0.190. The Bertz CT molecular complexity index is 1080. The Hall–Kier alpha value is -3.61. The van der Waals surface area contributed by atoms with Gasteiger partial charge in [-0.3, -0.25) is 19.1 Å². The van der Waals surface area contributed by atoms with Gasteiger partial charge < -0.3 is 10.6 Å². The van der Waals surface area contributed by atoms with E-state index in [2.05, 4.69) is 10.6 Å². The van der Waals surface area contributed by atoms with Gasteiger partial charge in [-0.25, -0.2) is 4.68 Å². The number of aryl methyl sites for hydroxylation is 1. The summed E-state index contributed by atoms with van der Waals surface area (Å²) in [6.07, 6.45) is 0. The number of rotatable bonds is 5. The van der Waals surface area contributed by atoms with Crippen LogP contribution in [-0.2, 0) is 11.8 Å². The van der Waals surface area contributed by atoms with Gasteiger partial charge in [-0.05, 0) is 38.1 Å².